The van der Waals surface area contributed by atoms with Gasteiger partial charge in [-0.1, -0.05) is 18.2 Å². The summed E-state index contributed by atoms with van der Waals surface area (Å²) in [7, 11) is 0. The number of aryl methyl sites for hydroxylation is 2. The summed E-state index contributed by atoms with van der Waals surface area (Å²) in [5, 5.41) is 35.8. The molecule has 6 heteroatoms. The van der Waals surface area contributed by atoms with Crippen molar-refractivity contribution in [3.8, 4) is 11.5 Å². The topological polar surface area (TPSA) is 89.9 Å². The Bertz CT molecular complexity index is 997. The van der Waals surface area contributed by atoms with Crippen molar-refractivity contribution in [2.75, 3.05) is 0 Å². The largest absolute Gasteiger partial charge is 0.508 e. The number of benzene rings is 3. The van der Waals surface area contributed by atoms with Gasteiger partial charge in [0, 0.05) is 6.07 Å². The number of hydrogen-bond donors (Lipinski definition) is 2. The van der Waals surface area contributed by atoms with E-state index < -0.39 is 0 Å². The molecule has 0 bridgehead atoms. The smallest absolute Gasteiger partial charge is 0.146 e. The van der Waals surface area contributed by atoms with Crippen LogP contribution in [0.2, 0.25) is 0 Å². The predicted octanol–water partition coefficient (Wildman–Crippen LogP) is 6.55. The van der Waals surface area contributed by atoms with Gasteiger partial charge in [0.15, 0.2) is 0 Å². The first-order chi connectivity index (χ1) is 12.5. The van der Waals surface area contributed by atoms with Crippen LogP contribution in [0, 0.1) is 13.8 Å². The van der Waals surface area contributed by atoms with E-state index in [1.54, 1.807) is 12.1 Å². The summed E-state index contributed by atoms with van der Waals surface area (Å²) in [5.74, 6) is -0.156. The van der Waals surface area contributed by atoms with Gasteiger partial charge in [0.2, 0.25) is 0 Å². The number of phenols is 2. The van der Waals surface area contributed by atoms with Crippen molar-refractivity contribution in [3.05, 3.63) is 71.8 Å². The molecule has 0 aliphatic heterocycles. The summed E-state index contributed by atoms with van der Waals surface area (Å²) in [6.45, 7) is 3.89. The first-order valence-electron chi connectivity index (χ1n) is 8.05. The Labute approximate surface area is 151 Å². The predicted molar refractivity (Wildman–Crippen MR) is 100 cm³/mol. The van der Waals surface area contributed by atoms with Gasteiger partial charge >= 0.3 is 0 Å². The van der Waals surface area contributed by atoms with Crippen LogP contribution in [-0.4, -0.2) is 10.2 Å². The third-order valence-electron chi connectivity index (χ3n) is 3.79. The third-order valence-corrected chi connectivity index (χ3v) is 3.79. The number of hydrogen-bond acceptors (Lipinski definition) is 6. The Morgan fingerprint density at radius 1 is 0.615 bits per heavy atom. The van der Waals surface area contributed by atoms with Crippen LogP contribution in [0.5, 0.6) is 11.5 Å². The number of azo groups is 2. The van der Waals surface area contributed by atoms with E-state index in [2.05, 4.69) is 20.5 Å². The lowest BCUT2D eigenvalue weighted by atomic mass is 10.2. The second-order valence-corrected chi connectivity index (χ2v) is 5.83. The molecule has 0 spiro atoms. The molecule has 3 aromatic rings. The molecule has 0 aromatic heterocycles. The maximum absolute atomic E-state index is 9.74. The maximum atomic E-state index is 9.74. The molecule has 0 unspecified atom stereocenters. The highest BCUT2D eigenvalue weighted by atomic mass is 16.3. The van der Waals surface area contributed by atoms with Gasteiger partial charge in [-0.05, 0) is 61.4 Å². The van der Waals surface area contributed by atoms with Gasteiger partial charge in [0.1, 0.15) is 17.2 Å². The Hall–Kier alpha value is -3.54. The molecule has 2 N–H and O–H groups in total. The van der Waals surface area contributed by atoms with Gasteiger partial charge in [-0.25, -0.2) is 0 Å². The fourth-order valence-electron chi connectivity index (χ4n) is 2.31. The molecule has 3 rings (SSSR count). The fraction of sp³-hybridized carbons (Fsp3) is 0.100. The zero-order valence-corrected chi connectivity index (χ0v) is 14.5. The normalized spacial score (nSPS) is 11.5. The summed E-state index contributed by atoms with van der Waals surface area (Å²) >= 11 is 0. The third kappa shape index (κ3) is 4.10. The Balaban J connectivity index is 1.79. The molecule has 0 saturated heterocycles. The van der Waals surface area contributed by atoms with E-state index in [1.165, 1.54) is 18.2 Å². The Kier molecular flexibility index (Phi) is 5.03. The minimum Gasteiger partial charge on any atom is -0.508 e. The van der Waals surface area contributed by atoms with Gasteiger partial charge in [0.05, 0.1) is 17.1 Å². The molecular weight excluding hydrogens is 328 g/mol. The van der Waals surface area contributed by atoms with Gasteiger partial charge in [-0.2, -0.15) is 15.3 Å². The average molecular weight is 346 g/mol. The van der Waals surface area contributed by atoms with E-state index in [4.69, 9.17) is 0 Å². The summed E-state index contributed by atoms with van der Waals surface area (Å²) < 4.78 is 0. The lowest BCUT2D eigenvalue weighted by Gasteiger charge is -2.02. The molecule has 0 aliphatic rings. The second-order valence-electron chi connectivity index (χ2n) is 5.83. The van der Waals surface area contributed by atoms with E-state index in [0.717, 1.165) is 22.5 Å². The average Bonchev–Trinajstić information content (AvgIpc) is 2.61. The summed E-state index contributed by atoms with van der Waals surface area (Å²) in [6, 6.07) is 17.4. The quantitative estimate of drug-likeness (QED) is 0.525. The Morgan fingerprint density at radius 2 is 1.27 bits per heavy atom. The highest BCUT2D eigenvalue weighted by molar-refractivity contribution is 5.56. The highest BCUT2D eigenvalue weighted by Crippen LogP contribution is 2.32. The molecule has 0 saturated carbocycles. The van der Waals surface area contributed by atoms with Crippen molar-refractivity contribution in [3.63, 3.8) is 0 Å². The molecule has 0 atom stereocenters. The molecule has 0 radical (unpaired) electrons. The molecule has 26 heavy (non-hydrogen) atoms. The van der Waals surface area contributed by atoms with Crippen LogP contribution in [0.1, 0.15) is 11.1 Å². The van der Waals surface area contributed by atoms with E-state index >= 15 is 0 Å². The van der Waals surface area contributed by atoms with Crippen LogP contribution >= 0.6 is 0 Å². The first-order valence-corrected chi connectivity index (χ1v) is 8.05. The van der Waals surface area contributed by atoms with Crippen molar-refractivity contribution in [2.45, 2.75) is 13.8 Å². The molecule has 3 aromatic carbocycles. The zero-order valence-electron chi connectivity index (χ0n) is 14.5. The van der Waals surface area contributed by atoms with Crippen LogP contribution in [0.15, 0.2) is 81.1 Å². The minimum absolute atomic E-state index is 0.0269. The SMILES string of the molecule is Cc1ccccc1N=Nc1ccc(N=Nc2ccc(O)cc2O)c(C)c1. The molecule has 0 aliphatic carbocycles. The van der Waals surface area contributed by atoms with Crippen LogP contribution in [0.25, 0.3) is 0 Å². The van der Waals surface area contributed by atoms with Crippen LogP contribution in [-0.2, 0) is 0 Å². The van der Waals surface area contributed by atoms with Crippen molar-refractivity contribution in [1.29, 1.82) is 0 Å². The van der Waals surface area contributed by atoms with Crippen LogP contribution in [0.3, 0.4) is 0 Å². The summed E-state index contributed by atoms with van der Waals surface area (Å²) in [6.07, 6.45) is 0. The van der Waals surface area contributed by atoms with Gasteiger partial charge < -0.3 is 10.2 Å². The molecule has 0 fully saturated rings. The van der Waals surface area contributed by atoms with Crippen molar-refractivity contribution < 1.29 is 10.2 Å². The minimum atomic E-state index is -0.130. The molecule has 0 amide bonds. The standard InChI is InChI=1S/C20H18N4O2/c1-13-5-3-4-6-17(13)22-21-15-7-9-18(14(2)11-15)23-24-19-10-8-16(25)12-20(19)26/h3-12,25-26H,1-2H3. The summed E-state index contributed by atoms with van der Waals surface area (Å²) in [4.78, 5) is 0. The van der Waals surface area contributed by atoms with Crippen LogP contribution < -0.4 is 0 Å². The van der Waals surface area contributed by atoms with Gasteiger partial charge in [-0.15, -0.1) is 5.11 Å². The molecule has 6 nitrogen and oxygen atoms in total. The molecular formula is C20H18N4O2. The van der Waals surface area contributed by atoms with Crippen molar-refractivity contribution in [1.82, 2.24) is 0 Å². The van der Waals surface area contributed by atoms with Gasteiger partial charge in [-0.3, -0.25) is 0 Å². The highest BCUT2D eigenvalue weighted by Gasteiger charge is 2.03. The monoisotopic (exact) mass is 346 g/mol. The Morgan fingerprint density at radius 3 is 2.00 bits per heavy atom. The van der Waals surface area contributed by atoms with E-state index in [0.29, 0.717) is 5.69 Å². The zero-order chi connectivity index (χ0) is 18.5. The van der Waals surface area contributed by atoms with E-state index in [9.17, 15) is 10.2 Å². The van der Waals surface area contributed by atoms with Crippen molar-refractivity contribution in [2.24, 2.45) is 20.5 Å². The summed E-state index contributed by atoms with van der Waals surface area (Å²) in [5.41, 5.74) is 4.44. The number of phenolic OH excluding ortho intramolecular Hbond substituents is 2. The molecule has 0 heterocycles. The lowest BCUT2D eigenvalue weighted by molar-refractivity contribution is 0.451. The van der Waals surface area contributed by atoms with Gasteiger partial charge in [0.25, 0.3) is 0 Å². The van der Waals surface area contributed by atoms with Crippen molar-refractivity contribution >= 4 is 22.7 Å². The fourth-order valence-corrected chi connectivity index (χ4v) is 2.31. The van der Waals surface area contributed by atoms with E-state index in [1.807, 2.05) is 44.2 Å². The maximum Gasteiger partial charge on any atom is 0.146 e. The van der Waals surface area contributed by atoms with Crippen LogP contribution in [0.4, 0.5) is 22.7 Å². The lowest BCUT2D eigenvalue weighted by Crippen LogP contribution is -1.75. The number of aromatic hydroxyl groups is 2. The molecule has 130 valence electrons. The number of rotatable bonds is 4. The number of nitrogens with zero attached hydrogens (tertiary/aromatic N) is 4. The van der Waals surface area contributed by atoms with E-state index in [-0.39, 0.29) is 17.2 Å². The first kappa shape index (κ1) is 17.3. The second kappa shape index (κ2) is 7.57.